The van der Waals surface area contributed by atoms with E-state index in [4.69, 9.17) is 4.74 Å². The third kappa shape index (κ3) is 4.86. The highest BCUT2D eigenvalue weighted by Crippen LogP contribution is 2.21. The number of rotatable bonds is 7. The molecule has 9 nitrogen and oxygen atoms in total. The van der Waals surface area contributed by atoms with E-state index in [2.05, 4.69) is 20.4 Å². The summed E-state index contributed by atoms with van der Waals surface area (Å²) < 4.78 is 6.40. The smallest absolute Gasteiger partial charge is 0.338 e. The summed E-state index contributed by atoms with van der Waals surface area (Å²) in [5.74, 6) is -0.160. The normalized spacial score (nSPS) is 10.8. The highest BCUT2D eigenvalue weighted by Gasteiger charge is 2.13. The number of benzene rings is 2. The fourth-order valence-electron chi connectivity index (χ4n) is 2.93. The van der Waals surface area contributed by atoms with Gasteiger partial charge in [-0.1, -0.05) is 42.1 Å². The number of H-pyrrole nitrogens is 1. The molecule has 10 heteroatoms. The Labute approximate surface area is 186 Å². The second-order valence-corrected chi connectivity index (χ2v) is 7.59. The Morgan fingerprint density at radius 2 is 1.84 bits per heavy atom. The van der Waals surface area contributed by atoms with Gasteiger partial charge in [0.05, 0.1) is 17.9 Å². The largest absolute Gasteiger partial charge is 0.462 e. The van der Waals surface area contributed by atoms with E-state index in [1.54, 1.807) is 31.2 Å². The predicted octanol–water partition coefficient (Wildman–Crippen LogP) is 2.99. The number of esters is 1. The molecule has 2 heterocycles. The molecule has 2 aromatic carbocycles. The van der Waals surface area contributed by atoms with E-state index in [0.29, 0.717) is 34.5 Å². The average molecular weight is 449 g/mol. The van der Waals surface area contributed by atoms with E-state index in [0.717, 1.165) is 5.56 Å². The van der Waals surface area contributed by atoms with E-state index < -0.39 is 5.97 Å². The number of nitrogens with zero attached hydrogens (tertiary/aromatic N) is 3. The number of ether oxygens (including phenoxy) is 1. The first-order valence-corrected chi connectivity index (χ1v) is 10.8. The molecular weight excluding hydrogens is 430 g/mol. The zero-order chi connectivity index (χ0) is 22.5. The molecule has 1 amide bonds. The molecule has 2 aromatic heterocycles. The number of nitrogens with one attached hydrogen (secondary N) is 2. The maximum absolute atomic E-state index is 12.5. The molecule has 4 rings (SSSR count). The highest BCUT2D eigenvalue weighted by molar-refractivity contribution is 7.99. The number of aromatic amines is 1. The molecule has 0 aliphatic rings. The third-order valence-corrected chi connectivity index (χ3v) is 5.31. The SMILES string of the molecule is CCOC(=O)c1ccc(NC(=O)CSc2nc(-c3ccccc3)nc3cc(=O)[nH]n23)cc1. The second kappa shape index (κ2) is 9.48. The molecule has 0 atom stereocenters. The van der Waals surface area contributed by atoms with Crippen molar-refractivity contribution in [2.75, 3.05) is 17.7 Å². The fourth-order valence-corrected chi connectivity index (χ4v) is 3.68. The molecule has 0 aliphatic heterocycles. The Balaban J connectivity index is 1.48. The Morgan fingerprint density at radius 1 is 1.09 bits per heavy atom. The Kier molecular flexibility index (Phi) is 6.31. The van der Waals surface area contributed by atoms with Crippen molar-refractivity contribution in [3.63, 3.8) is 0 Å². The van der Waals surface area contributed by atoms with E-state index in [-0.39, 0.29) is 17.2 Å². The number of thioether (sulfide) groups is 1. The Morgan fingerprint density at radius 3 is 2.56 bits per heavy atom. The van der Waals surface area contributed by atoms with Crippen LogP contribution in [0.15, 0.2) is 70.6 Å². The maximum atomic E-state index is 12.5. The summed E-state index contributed by atoms with van der Waals surface area (Å²) in [6.45, 7) is 2.03. The van der Waals surface area contributed by atoms with E-state index in [1.165, 1.54) is 22.3 Å². The first kappa shape index (κ1) is 21.3. The van der Waals surface area contributed by atoms with Gasteiger partial charge >= 0.3 is 5.97 Å². The van der Waals surface area contributed by atoms with Gasteiger partial charge in [0.15, 0.2) is 16.6 Å². The molecule has 4 aromatic rings. The van der Waals surface area contributed by atoms with E-state index in [1.807, 2.05) is 30.3 Å². The molecule has 0 aliphatic carbocycles. The van der Waals surface area contributed by atoms with Crippen LogP contribution in [0.5, 0.6) is 0 Å². The van der Waals surface area contributed by atoms with Crippen molar-refractivity contribution in [3.05, 3.63) is 76.6 Å². The zero-order valence-corrected chi connectivity index (χ0v) is 17.9. The Hall–Kier alpha value is -3.92. The van der Waals surface area contributed by atoms with Crippen molar-refractivity contribution >= 4 is 35.0 Å². The minimum Gasteiger partial charge on any atom is -0.462 e. The minimum atomic E-state index is -0.413. The summed E-state index contributed by atoms with van der Waals surface area (Å²) >= 11 is 1.17. The van der Waals surface area contributed by atoms with Gasteiger partial charge in [-0.05, 0) is 31.2 Å². The maximum Gasteiger partial charge on any atom is 0.338 e. The first-order chi connectivity index (χ1) is 15.5. The van der Waals surface area contributed by atoms with Crippen LogP contribution in [0, 0.1) is 0 Å². The number of hydrogen-bond donors (Lipinski definition) is 2. The molecule has 0 unspecified atom stereocenters. The fraction of sp³-hybridized carbons (Fsp3) is 0.136. The molecular formula is C22H19N5O4S. The molecule has 162 valence electrons. The van der Waals surface area contributed by atoms with Crippen molar-refractivity contribution in [2.45, 2.75) is 12.1 Å². The Bertz CT molecular complexity index is 1320. The van der Waals surface area contributed by atoms with Gasteiger partial charge in [0.1, 0.15) is 0 Å². The lowest BCUT2D eigenvalue weighted by atomic mass is 10.2. The monoisotopic (exact) mass is 449 g/mol. The average Bonchev–Trinajstić information content (AvgIpc) is 3.19. The minimum absolute atomic E-state index is 0.0557. The molecule has 0 saturated carbocycles. The van der Waals surface area contributed by atoms with E-state index in [9.17, 15) is 14.4 Å². The van der Waals surface area contributed by atoms with Crippen LogP contribution in [0.25, 0.3) is 17.0 Å². The van der Waals surface area contributed by atoms with Crippen LogP contribution in [0.4, 0.5) is 5.69 Å². The number of fused-ring (bicyclic) bond motifs is 1. The molecule has 0 spiro atoms. The van der Waals surface area contributed by atoms with E-state index >= 15 is 0 Å². The van der Waals surface area contributed by atoms with Crippen LogP contribution >= 0.6 is 11.8 Å². The topological polar surface area (TPSA) is 118 Å². The molecule has 0 fully saturated rings. The summed E-state index contributed by atoms with van der Waals surface area (Å²) in [5, 5.41) is 5.85. The lowest BCUT2D eigenvalue weighted by molar-refractivity contribution is -0.113. The second-order valence-electron chi connectivity index (χ2n) is 6.64. The van der Waals surface area contributed by atoms with Gasteiger partial charge in [0.25, 0.3) is 5.56 Å². The lowest BCUT2D eigenvalue weighted by Crippen LogP contribution is -2.15. The number of carbonyl (C=O) groups excluding carboxylic acids is 2. The van der Waals surface area contributed by atoms with Gasteiger partial charge in [-0.3, -0.25) is 14.7 Å². The van der Waals surface area contributed by atoms with Gasteiger partial charge < -0.3 is 10.1 Å². The molecule has 0 radical (unpaired) electrons. The van der Waals surface area contributed by atoms with Crippen LogP contribution in [-0.2, 0) is 9.53 Å². The molecule has 0 bridgehead atoms. The number of amides is 1. The van der Waals surface area contributed by atoms with Gasteiger partial charge in [-0.15, -0.1) is 0 Å². The van der Waals surface area contributed by atoms with Crippen LogP contribution in [0.1, 0.15) is 17.3 Å². The third-order valence-electron chi connectivity index (χ3n) is 4.37. The lowest BCUT2D eigenvalue weighted by Gasteiger charge is -2.08. The quantitative estimate of drug-likeness (QED) is 0.329. The van der Waals surface area contributed by atoms with Gasteiger partial charge in [0.2, 0.25) is 5.91 Å². The summed E-state index contributed by atoms with van der Waals surface area (Å²) in [6.07, 6.45) is 0. The van der Waals surface area contributed by atoms with Crippen molar-refractivity contribution < 1.29 is 14.3 Å². The molecule has 0 saturated heterocycles. The molecule has 2 N–H and O–H groups in total. The van der Waals surface area contributed by atoms with Crippen LogP contribution in [-0.4, -0.2) is 43.8 Å². The summed E-state index contributed by atoms with van der Waals surface area (Å²) in [5.41, 5.74) is 1.87. The summed E-state index contributed by atoms with van der Waals surface area (Å²) in [4.78, 5) is 44.9. The predicted molar refractivity (Wildman–Crippen MR) is 121 cm³/mol. The highest BCUT2D eigenvalue weighted by atomic mass is 32.2. The standard InChI is InChI=1S/C22H19N5O4S/c1-2-31-21(30)15-8-10-16(11-9-15)23-19(29)13-32-22-25-20(14-6-4-3-5-7-14)24-17-12-18(28)26-27(17)22/h3-12H,2,13H2,1H3,(H,23,29)(H,26,28). The van der Waals surface area contributed by atoms with Gasteiger partial charge in [-0.2, -0.15) is 0 Å². The first-order valence-electron chi connectivity index (χ1n) is 9.78. The van der Waals surface area contributed by atoms with Crippen molar-refractivity contribution in [2.24, 2.45) is 0 Å². The van der Waals surface area contributed by atoms with Crippen LogP contribution in [0.3, 0.4) is 0 Å². The molecule has 32 heavy (non-hydrogen) atoms. The van der Waals surface area contributed by atoms with Gasteiger partial charge in [-0.25, -0.2) is 19.3 Å². The van der Waals surface area contributed by atoms with Crippen LogP contribution in [0.2, 0.25) is 0 Å². The van der Waals surface area contributed by atoms with Crippen molar-refractivity contribution in [1.82, 2.24) is 19.6 Å². The summed E-state index contributed by atoms with van der Waals surface area (Å²) in [7, 11) is 0. The number of hydrogen-bond acceptors (Lipinski definition) is 7. The summed E-state index contributed by atoms with van der Waals surface area (Å²) in [6, 6.07) is 17.2. The zero-order valence-electron chi connectivity index (χ0n) is 17.1. The number of carbonyl (C=O) groups is 2. The van der Waals surface area contributed by atoms with Crippen molar-refractivity contribution in [1.29, 1.82) is 0 Å². The number of anilines is 1. The van der Waals surface area contributed by atoms with Gasteiger partial charge in [0, 0.05) is 17.3 Å². The van der Waals surface area contributed by atoms with Crippen LogP contribution < -0.4 is 10.9 Å². The number of aromatic nitrogens is 4. The van der Waals surface area contributed by atoms with Crippen molar-refractivity contribution in [3.8, 4) is 11.4 Å².